The molecule has 0 amide bonds. The van der Waals surface area contributed by atoms with Crippen LogP contribution in [-0.2, 0) is 0 Å². The van der Waals surface area contributed by atoms with Crippen molar-refractivity contribution in [3.63, 3.8) is 0 Å². The average molecular weight is 252 g/mol. The normalized spacial score (nSPS) is 11.2. The van der Waals surface area contributed by atoms with E-state index in [2.05, 4.69) is 9.97 Å². The van der Waals surface area contributed by atoms with Gasteiger partial charge in [0, 0.05) is 11.6 Å². The van der Waals surface area contributed by atoms with E-state index in [-0.39, 0.29) is 0 Å². The minimum absolute atomic E-state index is 0.780. The van der Waals surface area contributed by atoms with E-state index in [0.717, 1.165) is 28.2 Å². The molecular formula is C15H12N2O2. The van der Waals surface area contributed by atoms with Crippen LogP contribution in [0.5, 0.6) is 5.75 Å². The maximum atomic E-state index is 5.70. The Kier molecular flexibility index (Phi) is 2.98. The lowest BCUT2D eigenvalue weighted by atomic mass is 10.2. The lowest BCUT2D eigenvalue weighted by Crippen LogP contribution is -1.79. The molecule has 0 unspecified atom stereocenters. The second-order valence-corrected chi connectivity index (χ2v) is 4.02. The maximum absolute atomic E-state index is 5.70. The molecule has 0 saturated heterocycles. The summed E-state index contributed by atoms with van der Waals surface area (Å²) in [6, 6.07) is 9.53. The quantitative estimate of drug-likeness (QED) is 0.716. The number of aromatic nitrogens is 2. The summed E-state index contributed by atoms with van der Waals surface area (Å²) in [4.78, 5) is 7.99. The number of methoxy groups -OCH3 is 1. The van der Waals surface area contributed by atoms with Crippen LogP contribution in [-0.4, -0.2) is 17.1 Å². The Bertz CT molecular complexity index is 717. The molecule has 0 fully saturated rings. The highest BCUT2D eigenvalue weighted by Gasteiger charge is 2.02. The Balaban J connectivity index is 1.91. The molecule has 4 heteroatoms. The molecule has 0 spiro atoms. The predicted octanol–water partition coefficient (Wildman–Crippen LogP) is 3.40. The standard InChI is InChI=1S/C15H12N2O2/c1-18-13-4-5-15-11(8-13)9-14(19-15)3-2-12-6-7-16-10-17-12/h2-10H,1H3/b3-2+. The van der Waals surface area contributed by atoms with Crippen molar-refractivity contribution in [2.45, 2.75) is 0 Å². The summed E-state index contributed by atoms with van der Waals surface area (Å²) in [5, 5.41) is 1.02. The van der Waals surface area contributed by atoms with Gasteiger partial charge in [-0.05, 0) is 42.5 Å². The van der Waals surface area contributed by atoms with Gasteiger partial charge in [0.2, 0.25) is 0 Å². The van der Waals surface area contributed by atoms with Crippen LogP contribution in [0.4, 0.5) is 0 Å². The highest BCUT2D eigenvalue weighted by Crippen LogP contribution is 2.25. The van der Waals surface area contributed by atoms with Crippen molar-refractivity contribution < 1.29 is 9.15 Å². The predicted molar refractivity (Wildman–Crippen MR) is 73.7 cm³/mol. The summed E-state index contributed by atoms with van der Waals surface area (Å²) in [6.45, 7) is 0. The van der Waals surface area contributed by atoms with Crippen LogP contribution in [0.3, 0.4) is 0 Å². The van der Waals surface area contributed by atoms with Gasteiger partial charge < -0.3 is 9.15 Å². The average Bonchev–Trinajstić information content (AvgIpc) is 2.88. The first-order valence-corrected chi connectivity index (χ1v) is 5.87. The maximum Gasteiger partial charge on any atom is 0.135 e. The van der Waals surface area contributed by atoms with Crippen LogP contribution in [0, 0.1) is 0 Å². The van der Waals surface area contributed by atoms with E-state index in [0.29, 0.717) is 0 Å². The second-order valence-electron chi connectivity index (χ2n) is 4.02. The summed E-state index contributed by atoms with van der Waals surface area (Å²) in [6.07, 6.45) is 6.99. The topological polar surface area (TPSA) is 48.2 Å². The van der Waals surface area contributed by atoms with Crippen molar-refractivity contribution >= 4 is 23.1 Å². The Morgan fingerprint density at radius 3 is 2.89 bits per heavy atom. The molecule has 19 heavy (non-hydrogen) atoms. The smallest absolute Gasteiger partial charge is 0.135 e. The van der Waals surface area contributed by atoms with Crippen LogP contribution in [0.25, 0.3) is 23.1 Å². The van der Waals surface area contributed by atoms with E-state index in [1.807, 2.05) is 42.5 Å². The number of furan rings is 1. The molecule has 0 aliphatic heterocycles. The third-order valence-electron chi connectivity index (χ3n) is 2.77. The number of hydrogen-bond donors (Lipinski definition) is 0. The summed E-state index contributed by atoms with van der Waals surface area (Å²) in [7, 11) is 1.65. The second kappa shape index (κ2) is 4.94. The van der Waals surface area contributed by atoms with Gasteiger partial charge in [-0.1, -0.05) is 0 Å². The summed E-state index contributed by atoms with van der Waals surface area (Å²) < 4.78 is 10.9. The van der Waals surface area contributed by atoms with Gasteiger partial charge in [-0.2, -0.15) is 0 Å². The van der Waals surface area contributed by atoms with E-state index in [1.165, 1.54) is 6.33 Å². The monoisotopic (exact) mass is 252 g/mol. The molecule has 4 nitrogen and oxygen atoms in total. The Hall–Kier alpha value is -2.62. The van der Waals surface area contributed by atoms with Crippen LogP contribution in [0.2, 0.25) is 0 Å². The summed E-state index contributed by atoms with van der Waals surface area (Å²) >= 11 is 0. The first-order chi connectivity index (χ1) is 9.35. The van der Waals surface area contributed by atoms with Gasteiger partial charge in [0.15, 0.2) is 0 Å². The van der Waals surface area contributed by atoms with Crippen molar-refractivity contribution in [3.8, 4) is 5.75 Å². The van der Waals surface area contributed by atoms with Gasteiger partial charge in [0.05, 0.1) is 12.8 Å². The number of rotatable bonds is 3. The van der Waals surface area contributed by atoms with Gasteiger partial charge in [-0.15, -0.1) is 0 Å². The zero-order valence-corrected chi connectivity index (χ0v) is 10.4. The van der Waals surface area contributed by atoms with E-state index >= 15 is 0 Å². The van der Waals surface area contributed by atoms with Crippen LogP contribution >= 0.6 is 0 Å². The molecule has 0 aliphatic carbocycles. The van der Waals surface area contributed by atoms with Gasteiger partial charge in [-0.3, -0.25) is 0 Å². The molecule has 0 aliphatic rings. The van der Waals surface area contributed by atoms with Gasteiger partial charge >= 0.3 is 0 Å². The number of ether oxygens (including phenoxy) is 1. The molecule has 1 aromatic carbocycles. The molecule has 0 N–H and O–H groups in total. The van der Waals surface area contributed by atoms with Crippen LogP contribution in [0.15, 0.2) is 47.3 Å². The highest BCUT2D eigenvalue weighted by molar-refractivity contribution is 5.82. The Morgan fingerprint density at radius 2 is 2.11 bits per heavy atom. The molecule has 0 saturated carbocycles. The van der Waals surface area contributed by atoms with E-state index in [1.54, 1.807) is 13.3 Å². The van der Waals surface area contributed by atoms with Gasteiger partial charge in [0.25, 0.3) is 0 Å². The van der Waals surface area contributed by atoms with E-state index in [9.17, 15) is 0 Å². The van der Waals surface area contributed by atoms with Gasteiger partial charge in [-0.25, -0.2) is 9.97 Å². The van der Waals surface area contributed by atoms with Crippen LogP contribution < -0.4 is 4.74 Å². The van der Waals surface area contributed by atoms with Crippen molar-refractivity contribution in [2.75, 3.05) is 7.11 Å². The SMILES string of the molecule is COc1ccc2oc(/C=C/c3ccncn3)cc2c1. The van der Waals surface area contributed by atoms with Crippen molar-refractivity contribution in [1.29, 1.82) is 0 Å². The molecule has 0 radical (unpaired) electrons. The number of benzene rings is 1. The summed E-state index contributed by atoms with van der Waals surface area (Å²) in [5.74, 6) is 1.60. The van der Waals surface area contributed by atoms with Crippen molar-refractivity contribution in [2.24, 2.45) is 0 Å². The highest BCUT2D eigenvalue weighted by atomic mass is 16.5. The molecule has 2 aromatic heterocycles. The van der Waals surface area contributed by atoms with E-state index < -0.39 is 0 Å². The fourth-order valence-corrected chi connectivity index (χ4v) is 1.82. The lowest BCUT2D eigenvalue weighted by molar-refractivity contribution is 0.415. The zero-order chi connectivity index (χ0) is 13.1. The lowest BCUT2D eigenvalue weighted by Gasteiger charge is -1.96. The largest absolute Gasteiger partial charge is 0.497 e. The molecule has 2 heterocycles. The Morgan fingerprint density at radius 1 is 1.16 bits per heavy atom. The number of hydrogen-bond acceptors (Lipinski definition) is 4. The first kappa shape index (κ1) is 11.5. The minimum atomic E-state index is 0.780. The minimum Gasteiger partial charge on any atom is -0.497 e. The van der Waals surface area contributed by atoms with E-state index in [4.69, 9.17) is 9.15 Å². The number of nitrogens with zero attached hydrogens (tertiary/aromatic N) is 2. The molecular weight excluding hydrogens is 240 g/mol. The van der Waals surface area contributed by atoms with Gasteiger partial charge in [0.1, 0.15) is 23.4 Å². The molecule has 3 aromatic rings. The number of fused-ring (bicyclic) bond motifs is 1. The Labute approximate surface area is 110 Å². The van der Waals surface area contributed by atoms with Crippen LogP contribution in [0.1, 0.15) is 11.5 Å². The fourth-order valence-electron chi connectivity index (χ4n) is 1.82. The summed E-state index contributed by atoms with van der Waals surface area (Å²) in [5.41, 5.74) is 1.68. The molecule has 0 bridgehead atoms. The third kappa shape index (κ3) is 2.47. The van der Waals surface area contributed by atoms with Crippen molar-refractivity contribution in [1.82, 2.24) is 9.97 Å². The zero-order valence-electron chi connectivity index (χ0n) is 10.4. The molecule has 94 valence electrons. The molecule has 3 rings (SSSR count). The fraction of sp³-hybridized carbons (Fsp3) is 0.0667. The third-order valence-corrected chi connectivity index (χ3v) is 2.77. The first-order valence-electron chi connectivity index (χ1n) is 5.87. The molecule has 0 atom stereocenters. The van der Waals surface area contributed by atoms with Crippen molar-refractivity contribution in [3.05, 3.63) is 54.3 Å².